The van der Waals surface area contributed by atoms with E-state index in [0.29, 0.717) is 0 Å². The van der Waals surface area contributed by atoms with Gasteiger partial charge in [-0.2, -0.15) is 8.42 Å². The zero-order valence-electron chi connectivity index (χ0n) is 16.3. The first kappa shape index (κ1) is 22.1. The Morgan fingerprint density at radius 3 is 1.69 bits per heavy atom. The van der Waals surface area contributed by atoms with E-state index in [2.05, 4.69) is 61.2 Å². The lowest BCUT2D eigenvalue weighted by Crippen LogP contribution is -1.96. The SMILES string of the molecule is C=CC=CC=C(c1ccccc1)c1ccccc1.Cc1ccc(S(=O)(=O)O)cc1. The molecule has 0 heterocycles. The van der Waals surface area contributed by atoms with Gasteiger partial charge in [0.05, 0.1) is 4.90 Å². The molecule has 0 aliphatic rings. The van der Waals surface area contributed by atoms with Gasteiger partial charge >= 0.3 is 0 Å². The molecule has 4 heteroatoms. The first-order chi connectivity index (χ1) is 13.9. The highest BCUT2D eigenvalue weighted by Gasteiger charge is 2.06. The van der Waals surface area contributed by atoms with Crippen LogP contribution in [0.5, 0.6) is 0 Å². The average molecular weight is 405 g/mol. The topological polar surface area (TPSA) is 54.4 Å². The van der Waals surface area contributed by atoms with Crippen LogP contribution in [0.3, 0.4) is 0 Å². The van der Waals surface area contributed by atoms with Gasteiger partial charge in [-0.15, -0.1) is 0 Å². The molecule has 148 valence electrons. The average Bonchev–Trinajstić information content (AvgIpc) is 2.73. The predicted molar refractivity (Wildman–Crippen MR) is 120 cm³/mol. The van der Waals surface area contributed by atoms with Gasteiger partial charge in [-0.1, -0.05) is 109 Å². The van der Waals surface area contributed by atoms with E-state index in [0.717, 1.165) is 5.56 Å². The van der Waals surface area contributed by atoms with Crippen molar-refractivity contribution in [3.8, 4) is 0 Å². The second-order valence-corrected chi connectivity index (χ2v) is 7.64. The summed E-state index contributed by atoms with van der Waals surface area (Å²) in [5.74, 6) is 0. The molecule has 0 aliphatic carbocycles. The summed E-state index contributed by atoms with van der Waals surface area (Å²) in [6, 6.07) is 26.8. The number of allylic oxidation sites excluding steroid dienone is 4. The van der Waals surface area contributed by atoms with Crippen LogP contribution in [0.2, 0.25) is 0 Å². The Morgan fingerprint density at radius 2 is 1.28 bits per heavy atom. The molecular formula is C25H24O3S. The van der Waals surface area contributed by atoms with Gasteiger partial charge in [0.2, 0.25) is 0 Å². The quantitative estimate of drug-likeness (QED) is 0.413. The molecule has 3 nitrogen and oxygen atoms in total. The van der Waals surface area contributed by atoms with Crippen molar-refractivity contribution in [2.45, 2.75) is 11.8 Å². The Balaban J connectivity index is 0.000000234. The predicted octanol–water partition coefficient (Wildman–Crippen LogP) is 6.10. The van der Waals surface area contributed by atoms with Gasteiger partial charge in [0.1, 0.15) is 0 Å². The van der Waals surface area contributed by atoms with Crippen LogP contribution >= 0.6 is 0 Å². The lowest BCUT2D eigenvalue weighted by atomic mass is 9.97. The van der Waals surface area contributed by atoms with Crippen LogP contribution in [0.25, 0.3) is 5.57 Å². The highest BCUT2D eigenvalue weighted by Crippen LogP contribution is 2.23. The fourth-order valence-electron chi connectivity index (χ4n) is 2.54. The number of rotatable bonds is 5. The van der Waals surface area contributed by atoms with Gasteiger partial charge in [0, 0.05) is 0 Å². The maximum Gasteiger partial charge on any atom is 0.294 e. The van der Waals surface area contributed by atoms with E-state index in [1.807, 2.05) is 31.2 Å². The zero-order valence-corrected chi connectivity index (χ0v) is 17.1. The standard InChI is InChI=1S/C18H16.C7H8O3S/c1-2-3-6-15-18(16-11-7-4-8-12-16)17-13-9-5-10-14-17;1-6-2-4-7(5-3-6)11(8,9)10/h2-15H,1H2;2-5H,1H3,(H,8,9,10). The number of benzene rings is 3. The fourth-order valence-corrected chi connectivity index (χ4v) is 3.02. The summed E-state index contributed by atoms with van der Waals surface area (Å²) in [4.78, 5) is -0.0666. The molecule has 0 saturated heterocycles. The van der Waals surface area contributed by atoms with Gasteiger partial charge in [-0.3, -0.25) is 4.55 Å². The van der Waals surface area contributed by atoms with E-state index < -0.39 is 10.1 Å². The lowest BCUT2D eigenvalue weighted by molar-refractivity contribution is 0.483. The Morgan fingerprint density at radius 1 is 0.793 bits per heavy atom. The Kier molecular flexibility index (Phi) is 8.34. The molecule has 0 amide bonds. The molecule has 0 saturated carbocycles. The van der Waals surface area contributed by atoms with Gasteiger partial charge in [-0.25, -0.2) is 0 Å². The van der Waals surface area contributed by atoms with Crippen molar-refractivity contribution in [3.05, 3.63) is 133 Å². The minimum Gasteiger partial charge on any atom is -0.282 e. The van der Waals surface area contributed by atoms with E-state index in [9.17, 15) is 8.42 Å². The third kappa shape index (κ3) is 7.37. The van der Waals surface area contributed by atoms with Crippen LogP contribution in [0.1, 0.15) is 16.7 Å². The second-order valence-electron chi connectivity index (χ2n) is 6.22. The van der Waals surface area contributed by atoms with Crippen LogP contribution in [-0.4, -0.2) is 13.0 Å². The van der Waals surface area contributed by atoms with E-state index in [-0.39, 0.29) is 4.90 Å². The van der Waals surface area contributed by atoms with E-state index in [1.165, 1.54) is 28.8 Å². The molecule has 3 aromatic carbocycles. The van der Waals surface area contributed by atoms with E-state index in [1.54, 1.807) is 18.2 Å². The van der Waals surface area contributed by atoms with Crippen molar-refractivity contribution in [2.24, 2.45) is 0 Å². The summed E-state index contributed by atoms with van der Waals surface area (Å²) in [6.07, 6.45) is 7.85. The summed E-state index contributed by atoms with van der Waals surface area (Å²) in [7, 11) is -4.02. The first-order valence-electron chi connectivity index (χ1n) is 9.06. The van der Waals surface area contributed by atoms with Crippen LogP contribution in [-0.2, 0) is 10.1 Å². The van der Waals surface area contributed by atoms with Gasteiger partial charge in [0.25, 0.3) is 10.1 Å². The Bertz CT molecular complexity index is 1020. The smallest absolute Gasteiger partial charge is 0.282 e. The highest BCUT2D eigenvalue weighted by atomic mass is 32.2. The molecule has 3 rings (SSSR count). The molecular weight excluding hydrogens is 380 g/mol. The first-order valence-corrected chi connectivity index (χ1v) is 10.5. The van der Waals surface area contributed by atoms with Crippen LogP contribution in [0.15, 0.2) is 121 Å². The molecule has 0 aliphatic heterocycles. The minimum atomic E-state index is -4.02. The molecule has 0 aromatic heterocycles. The molecule has 0 spiro atoms. The van der Waals surface area contributed by atoms with Crippen molar-refractivity contribution in [2.75, 3.05) is 0 Å². The monoisotopic (exact) mass is 404 g/mol. The molecule has 1 N–H and O–H groups in total. The molecule has 0 atom stereocenters. The van der Waals surface area contributed by atoms with Crippen molar-refractivity contribution in [3.63, 3.8) is 0 Å². The summed E-state index contributed by atoms with van der Waals surface area (Å²) >= 11 is 0. The van der Waals surface area contributed by atoms with Gasteiger partial charge in [-0.05, 0) is 35.8 Å². The summed E-state index contributed by atoms with van der Waals surface area (Å²) in [6.45, 7) is 5.53. The molecule has 3 aromatic rings. The maximum atomic E-state index is 10.5. The number of hydrogen-bond donors (Lipinski definition) is 1. The van der Waals surface area contributed by atoms with E-state index in [4.69, 9.17) is 4.55 Å². The maximum absolute atomic E-state index is 10.5. The zero-order chi connectivity index (χ0) is 21.1. The van der Waals surface area contributed by atoms with Crippen molar-refractivity contribution < 1.29 is 13.0 Å². The highest BCUT2D eigenvalue weighted by molar-refractivity contribution is 7.85. The normalized spacial score (nSPS) is 10.7. The summed E-state index contributed by atoms with van der Waals surface area (Å²) < 4.78 is 29.6. The Labute approximate surface area is 173 Å². The molecule has 0 bridgehead atoms. The Hall–Kier alpha value is -3.21. The fraction of sp³-hybridized carbons (Fsp3) is 0.0400. The molecule has 29 heavy (non-hydrogen) atoms. The van der Waals surface area contributed by atoms with Crippen LogP contribution in [0.4, 0.5) is 0 Å². The van der Waals surface area contributed by atoms with Crippen LogP contribution < -0.4 is 0 Å². The summed E-state index contributed by atoms with van der Waals surface area (Å²) in [5, 5.41) is 0. The van der Waals surface area contributed by atoms with Gasteiger partial charge in [0.15, 0.2) is 0 Å². The third-order valence-corrected chi connectivity index (χ3v) is 4.87. The van der Waals surface area contributed by atoms with Gasteiger partial charge < -0.3 is 0 Å². The molecule has 0 radical (unpaired) electrons. The van der Waals surface area contributed by atoms with E-state index >= 15 is 0 Å². The number of hydrogen-bond acceptors (Lipinski definition) is 2. The number of aryl methyl sites for hydroxylation is 1. The van der Waals surface area contributed by atoms with Crippen LogP contribution in [0, 0.1) is 6.92 Å². The third-order valence-electron chi connectivity index (χ3n) is 4.00. The molecule has 0 unspecified atom stereocenters. The second kappa shape index (κ2) is 11.0. The van der Waals surface area contributed by atoms with Crippen molar-refractivity contribution in [1.29, 1.82) is 0 Å². The molecule has 0 fully saturated rings. The van der Waals surface area contributed by atoms with Crippen molar-refractivity contribution >= 4 is 15.7 Å². The largest absolute Gasteiger partial charge is 0.294 e. The lowest BCUT2D eigenvalue weighted by Gasteiger charge is -2.07. The summed E-state index contributed by atoms with van der Waals surface area (Å²) in [5.41, 5.74) is 4.61. The van der Waals surface area contributed by atoms with Crippen molar-refractivity contribution in [1.82, 2.24) is 0 Å². The minimum absolute atomic E-state index is 0.0666.